The number of allylic oxidation sites excluding steroid dienone is 6. The van der Waals surface area contributed by atoms with Gasteiger partial charge in [-0.25, -0.2) is 4.39 Å². The molecule has 1 heterocycles. The first-order chi connectivity index (χ1) is 13.6. The van der Waals surface area contributed by atoms with Crippen LogP contribution in [0.3, 0.4) is 0 Å². The summed E-state index contributed by atoms with van der Waals surface area (Å²) in [5.41, 5.74) is 2.51. The van der Waals surface area contributed by atoms with Crippen LogP contribution in [0.5, 0.6) is 0 Å². The van der Waals surface area contributed by atoms with Gasteiger partial charge in [-0.3, -0.25) is 15.6 Å². The van der Waals surface area contributed by atoms with Crippen molar-refractivity contribution in [2.24, 2.45) is 4.99 Å². The summed E-state index contributed by atoms with van der Waals surface area (Å²) in [7, 11) is 3.78. The van der Waals surface area contributed by atoms with Crippen molar-refractivity contribution in [2.75, 3.05) is 27.3 Å². The van der Waals surface area contributed by atoms with Crippen molar-refractivity contribution in [1.29, 1.82) is 0 Å². The van der Waals surface area contributed by atoms with Crippen LogP contribution < -0.4 is 21.3 Å². The zero-order valence-corrected chi connectivity index (χ0v) is 17.4. The molecule has 0 bridgehead atoms. The minimum Gasteiger partial charge on any atom is -0.394 e. The lowest BCUT2D eigenvalue weighted by atomic mass is 10.0. The first-order valence-electron chi connectivity index (χ1n) is 9.10. The molecule has 0 aromatic rings. The van der Waals surface area contributed by atoms with Gasteiger partial charge >= 0.3 is 0 Å². The Morgan fingerprint density at radius 2 is 2.25 bits per heavy atom. The van der Waals surface area contributed by atoms with E-state index in [0.29, 0.717) is 6.67 Å². The maximum Gasteiger partial charge on any atom is 0.154 e. The van der Waals surface area contributed by atoms with Gasteiger partial charge in [-0.1, -0.05) is 29.7 Å². The van der Waals surface area contributed by atoms with Crippen LogP contribution in [-0.2, 0) is 0 Å². The molecule has 0 aromatic heterocycles. The Hall–Kier alpha value is -2.33. The molecule has 1 aliphatic heterocycles. The summed E-state index contributed by atoms with van der Waals surface area (Å²) in [6.07, 6.45) is 18.5. The predicted octanol–water partition coefficient (Wildman–Crippen LogP) is 3.08. The fourth-order valence-corrected chi connectivity index (χ4v) is 2.66. The summed E-state index contributed by atoms with van der Waals surface area (Å²) in [6.45, 7) is 2.15. The fourth-order valence-electron chi connectivity index (χ4n) is 2.54. The fraction of sp³-hybridized carbons (Fsp3) is 0.381. The van der Waals surface area contributed by atoms with Gasteiger partial charge in [0.25, 0.3) is 0 Å². The zero-order valence-electron chi connectivity index (χ0n) is 16.7. The van der Waals surface area contributed by atoms with E-state index in [1.54, 1.807) is 13.1 Å². The molecule has 28 heavy (non-hydrogen) atoms. The van der Waals surface area contributed by atoms with Crippen LogP contribution in [0.2, 0.25) is 0 Å². The van der Waals surface area contributed by atoms with E-state index in [1.807, 2.05) is 32.6 Å². The number of nitrogens with one attached hydrogen (secondary N) is 4. The summed E-state index contributed by atoms with van der Waals surface area (Å²) < 4.78 is 14.0. The highest BCUT2D eigenvalue weighted by Gasteiger charge is 2.12. The van der Waals surface area contributed by atoms with Crippen LogP contribution in [0.25, 0.3) is 0 Å². The summed E-state index contributed by atoms with van der Waals surface area (Å²) in [5.74, 6) is 1.74. The van der Waals surface area contributed by atoms with Gasteiger partial charge < -0.3 is 10.6 Å². The average Bonchev–Trinajstić information content (AvgIpc) is 2.73. The van der Waals surface area contributed by atoms with Crippen molar-refractivity contribution >= 4 is 17.8 Å². The molecule has 7 heteroatoms. The predicted molar refractivity (Wildman–Crippen MR) is 118 cm³/mol. The van der Waals surface area contributed by atoms with Crippen molar-refractivity contribution in [2.45, 2.75) is 25.9 Å². The van der Waals surface area contributed by atoms with E-state index in [1.165, 1.54) is 11.6 Å². The minimum atomic E-state index is -0.582. The van der Waals surface area contributed by atoms with E-state index >= 15 is 0 Å². The second kappa shape index (κ2) is 13.8. The number of halogens is 2. The molecule has 0 radical (unpaired) electrons. The molecule has 0 saturated heterocycles. The summed E-state index contributed by atoms with van der Waals surface area (Å²) in [6, 6.07) is 0. The number of terminal acetylenes is 1. The molecule has 0 aromatic carbocycles. The number of likely N-dealkylation sites (N-methyl/N-ethyl adjacent to an activating group) is 1. The third kappa shape index (κ3) is 8.13. The van der Waals surface area contributed by atoms with Gasteiger partial charge in [-0.05, 0) is 50.2 Å². The number of dihydropyridines is 1. The number of rotatable bonds is 11. The monoisotopic (exact) mass is 405 g/mol. The lowest BCUT2D eigenvalue weighted by Gasteiger charge is -2.23. The second-order valence-electron chi connectivity index (χ2n) is 5.97. The van der Waals surface area contributed by atoms with E-state index in [2.05, 4.69) is 38.3 Å². The van der Waals surface area contributed by atoms with Crippen molar-refractivity contribution in [3.8, 4) is 12.3 Å². The van der Waals surface area contributed by atoms with E-state index < -0.39 is 5.83 Å². The molecule has 0 saturated carbocycles. The molecular weight excluding hydrogens is 377 g/mol. The van der Waals surface area contributed by atoms with Crippen molar-refractivity contribution in [3.63, 3.8) is 0 Å². The lowest BCUT2D eigenvalue weighted by molar-refractivity contribution is 0.556. The van der Waals surface area contributed by atoms with Crippen LogP contribution in [0.4, 0.5) is 4.39 Å². The van der Waals surface area contributed by atoms with Gasteiger partial charge in [-0.15, -0.1) is 6.42 Å². The number of hydrogen-bond acceptors (Lipinski definition) is 5. The molecule has 1 unspecified atom stereocenters. The van der Waals surface area contributed by atoms with E-state index in [4.69, 9.17) is 18.0 Å². The normalized spacial score (nSPS) is 18.4. The second-order valence-corrected chi connectivity index (χ2v) is 6.37. The third-order valence-electron chi connectivity index (χ3n) is 4.03. The lowest BCUT2D eigenvalue weighted by Crippen LogP contribution is -2.40. The molecule has 1 atom stereocenters. The van der Waals surface area contributed by atoms with Crippen molar-refractivity contribution in [1.82, 2.24) is 21.3 Å². The maximum atomic E-state index is 14.0. The topological polar surface area (TPSA) is 60.5 Å². The van der Waals surface area contributed by atoms with Crippen LogP contribution >= 0.6 is 11.6 Å². The van der Waals surface area contributed by atoms with Crippen LogP contribution in [-0.4, -0.2) is 39.7 Å². The smallest absolute Gasteiger partial charge is 0.154 e. The molecule has 0 fully saturated rings. The molecule has 0 aliphatic carbocycles. The highest BCUT2D eigenvalue weighted by atomic mass is 35.5. The minimum absolute atomic E-state index is 0.0127. The Morgan fingerprint density at radius 3 is 2.89 bits per heavy atom. The van der Waals surface area contributed by atoms with Crippen LogP contribution in [0, 0.1) is 12.3 Å². The quantitative estimate of drug-likeness (QED) is 0.185. The third-order valence-corrected chi connectivity index (χ3v) is 4.41. The summed E-state index contributed by atoms with van der Waals surface area (Å²) >= 11 is 5.77. The highest BCUT2D eigenvalue weighted by molar-refractivity contribution is 6.31. The number of hydrogen-bond donors (Lipinski definition) is 4. The summed E-state index contributed by atoms with van der Waals surface area (Å²) in [5, 5.41) is 12.6. The number of aliphatic imine (C=N–C) groups is 1. The van der Waals surface area contributed by atoms with Gasteiger partial charge in [0.2, 0.25) is 0 Å². The van der Waals surface area contributed by atoms with Gasteiger partial charge in [-0.2, -0.15) is 0 Å². The highest BCUT2D eigenvalue weighted by Crippen LogP contribution is 2.19. The number of nitrogens with zero attached hydrogens (tertiary/aromatic N) is 1. The van der Waals surface area contributed by atoms with Gasteiger partial charge in [0, 0.05) is 26.0 Å². The van der Waals surface area contributed by atoms with E-state index in [9.17, 15) is 4.39 Å². The Kier molecular flexibility index (Phi) is 11.7. The molecule has 5 nitrogen and oxygen atoms in total. The molecule has 1 aliphatic rings. The van der Waals surface area contributed by atoms with Crippen LogP contribution in [0.1, 0.15) is 19.8 Å². The zero-order chi connectivity index (χ0) is 20.8. The SMILES string of the molecule is C#C/C(CNC/N=C\C(=C/NC)CCC1=CC=CNC1NC)=C(F)\C(Cl)=C/C. The standard InChI is InChI=1S/C21H29ClFN5/c1-5-17(20(23)19(22)6-2)14-27-15-26-13-16(12-24-3)9-10-18-8-7-11-28-21(18)25-4/h1,6-8,11-13,21,24-25,27-28H,9-10,14-15H2,2-4H3/b16-12-,19-6+,20-17-,26-13-. The first kappa shape index (κ1) is 23.7. The van der Waals surface area contributed by atoms with Gasteiger partial charge in [0.15, 0.2) is 5.83 Å². The largest absolute Gasteiger partial charge is 0.394 e. The van der Waals surface area contributed by atoms with Crippen LogP contribution in [0.15, 0.2) is 63.2 Å². The Balaban J connectivity index is 2.55. The molecule has 0 spiro atoms. The van der Waals surface area contributed by atoms with Gasteiger partial charge in [0.05, 0.1) is 23.4 Å². The van der Waals surface area contributed by atoms with Crippen molar-refractivity contribution < 1.29 is 4.39 Å². The summed E-state index contributed by atoms with van der Waals surface area (Å²) in [4.78, 5) is 4.35. The Labute approximate surface area is 172 Å². The van der Waals surface area contributed by atoms with E-state index in [0.717, 1.165) is 18.4 Å². The van der Waals surface area contributed by atoms with Crippen molar-refractivity contribution in [3.05, 3.63) is 58.2 Å². The molecular formula is C21H29ClFN5. The van der Waals surface area contributed by atoms with Gasteiger partial charge in [0.1, 0.15) is 0 Å². The molecule has 0 amide bonds. The maximum absolute atomic E-state index is 14.0. The molecule has 1 rings (SSSR count). The first-order valence-corrected chi connectivity index (χ1v) is 9.48. The molecule has 4 N–H and O–H groups in total. The Bertz CT molecular complexity index is 726. The average molecular weight is 406 g/mol. The molecule has 152 valence electrons. The van der Waals surface area contributed by atoms with E-state index in [-0.39, 0.29) is 23.3 Å². The Morgan fingerprint density at radius 1 is 1.46 bits per heavy atom.